The van der Waals surface area contributed by atoms with Crippen molar-refractivity contribution in [3.05, 3.63) is 28.2 Å². The number of nitrogens with zero attached hydrogens (tertiary/aromatic N) is 1. The number of halogens is 1. The van der Waals surface area contributed by atoms with Crippen LogP contribution in [0.2, 0.25) is 0 Å². The number of anilines is 1. The Kier molecular flexibility index (Phi) is 11.7. The quantitative estimate of drug-likeness (QED) is 0.287. The average molecular weight is 427 g/mol. The fraction of sp³-hybridized carbons (Fsp3) is 0.579. The van der Waals surface area contributed by atoms with E-state index in [0.29, 0.717) is 18.9 Å². The number of unbranched alkanes of at least 4 members (excludes halogenated alkanes) is 1. The molecule has 1 aromatic rings. The summed E-state index contributed by atoms with van der Waals surface area (Å²) >= 11 is 3.42. The summed E-state index contributed by atoms with van der Waals surface area (Å²) in [7, 11) is 1.72. The first-order valence-electron chi connectivity index (χ1n) is 9.15. The highest BCUT2D eigenvalue weighted by Crippen LogP contribution is 2.20. The molecule has 0 heterocycles. The Morgan fingerprint density at radius 1 is 1.19 bits per heavy atom. The third-order valence-electron chi connectivity index (χ3n) is 3.74. The van der Waals surface area contributed by atoms with Crippen molar-refractivity contribution in [3.8, 4) is 0 Å². The zero-order valence-corrected chi connectivity index (χ0v) is 17.6. The first kappa shape index (κ1) is 22.4. The van der Waals surface area contributed by atoms with Gasteiger partial charge in [0.15, 0.2) is 5.96 Å². The lowest BCUT2D eigenvalue weighted by atomic mass is 10.2. The molecule has 0 radical (unpaired) electrons. The lowest BCUT2D eigenvalue weighted by Gasteiger charge is -2.12. The maximum absolute atomic E-state index is 12.1. The molecule has 0 unspecified atom stereocenters. The Balaban J connectivity index is 2.19. The molecule has 1 aromatic carbocycles. The monoisotopic (exact) mass is 426 g/mol. The summed E-state index contributed by atoms with van der Waals surface area (Å²) in [5, 5.41) is 9.31. The average Bonchev–Trinajstić information content (AvgIpc) is 2.62. The van der Waals surface area contributed by atoms with Gasteiger partial charge in [-0.2, -0.15) is 0 Å². The van der Waals surface area contributed by atoms with Crippen molar-refractivity contribution in [3.63, 3.8) is 0 Å². The fourth-order valence-electron chi connectivity index (χ4n) is 2.19. The van der Waals surface area contributed by atoms with Crippen molar-refractivity contribution in [1.82, 2.24) is 10.6 Å². The van der Waals surface area contributed by atoms with Crippen LogP contribution in [0.15, 0.2) is 27.7 Å². The molecule has 3 N–H and O–H groups in total. The number of guanidine groups is 1. The van der Waals surface area contributed by atoms with Crippen molar-refractivity contribution in [2.45, 2.75) is 39.5 Å². The van der Waals surface area contributed by atoms with Crippen molar-refractivity contribution in [2.24, 2.45) is 4.99 Å². The van der Waals surface area contributed by atoms with Crippen molar-refractivity contribution >= 4 is 33.5 Å². The number of aliphatic imine (C=N–C) groups is 1. The first-order chi connectivity index (χ1) is 12.6. The normalized spacial score (nSPS) is 11.3. The van der Waals surface area contributed by atoms with Gasteiger partial charge in [-0.25, -0.2) is 0 Å². The van der Waals surface area contributed by atoms with Gasteiger partial charge in [-0.1, -0.05) is 35.3 Å². The van der Waals surface area contributed by atoms with Crippen molar-refractivity contribution < 1.29 is 9.53 Å². The maximum atomic E-state index is 12.1. The molecule has 0 atom stereocenters. The van der Waals surface area contributed by atoms with Crippen LogP contribution < -0.4 is 16.0 Å². The molecule has 0 aliphatic heterocycles. The van der Waals surface area contributed by atoms with Gasteiger partial charge in [0, 0.05) is 49.9 Å². The highest BCUT2D eigenvalue weighted by Gasteiger charge is 2.06. The third-order valence-corrected chi connectivity index (χ3v) is 4.24. The smallest absolute Gasteiger partial charge is 0.226 e. The molecule has 0 aliphatic carbocycles. The van der Waals surface area contributed by atoms with E-state index in [4.69, 9.17) is 4.74 Å². The SMILES string of the molecule is CCCCOCCCNC(=NC)NCCC(=O)Nc1cc(Br)ccc1C. The van der Waals surface area contributed by atoms with Gasteiger partial charge < -0.3 is 20.7 Å². The first-order valence-corrected chi connectivity index (χ1v) is 9.94. The van der Waals surface area contributed by atoms with E-state index < -0.39 is 0 Å². The van der Waals surface area contributed by atoms with Crippen LogP contribution in [0.25, 0.3) is 0 Å². The van der Waals surface area contributed by atoms with E-state index in [1.165, 1.54) is 0 Å². The van der Waals surface area contributed by atoms with Crippen LogP contribution in [0, 0.1) is 6.92 Å². The highest BCUT2D eigenvalue weighted by molar-refractivity contribution is 9.10. The molecule has 0 aliphatic rings. The summed E-state index contributed by atoms with van der Waals surface area (Å²) < 4.78 is 6.46. The van der Waals surface area contributed by atoms with Gasteiger partial charge in [0.05, 0.1) is 0 Å². The summed E-state index contributed by atoms with van der Waals surface area (Å²) in [6.45, 7) is 7.01. The number of hydrogen-bond donors (Lipinski definition) is 3. The van der Waals surface area contributed by atoms with Gasteiger partial charge in [-0.15, -0.1) is 0 Å². The van der Waals surface area contributed by atoms with E-state index >= 15 is 0 Å². The van der Waals surface area contributed by atoms with E-state index in [2.05, 4.69) is 43.8 Å². The molecular weight excluding hydrogens is 396 g/mol. The Bertz CT molecular complexity index is 579. The maximum Gasteiger partial charge on any atom is 0.226 e. The number of carbonyl (C=O) groups excluding carboxylic acids is 1. The van der Waals surface area contributed by atoms with Gasteiger partial charge in [0.25, 0.3) is 0 Å². The third kappa shape index (κ3) is 9.77. The van der Waals surface area contributed by atoms with Crippen LogP contribution in [-0.2, 0) is 9.53 Å². The minimum absolute atomic E-state index is 0.0292. The van der Waals surface area contributed by atoms with Crippen LogP contribution in [0.5, 0.6) is 0 Å². The zero-order valence-electron chi connectivity index (χ0n) is 16.0. The highest BCUT2D eigenvalue weighted by atomic mass is 79.9. The minimum atomic E-state index is -0.0292. The van der Waals surface area contributed by atoms with Gasteiger partial charge >= 0.3 is 0 Å². The minimum Gasteiger partial charge on any atom is -0.381 e. The summed E-state index contributed by atoms with van der Waals surface area (Å²) in [6.07, 6.45) is 3.56. The molecule has 146 valence electrons. The van der Waals surface area contributed by atoms with Crippen LogP contribution in [-0.4, -0.2) is 45.2 Å². The Labute approximate surface area is 165 Å². The molecule has 0 saturated carbocycles. The Morgan fingerprint density at radius 2 is 1.92 bits per heavy atom. The predicted molar refractivity (Wildman–Crippen MR) is 112 cm³/mol. The largest absolute Gasteiger partial charge is 0.381 e. The summed E-state index contributed by atoms with van der Waals surface area (Å²) in [4.78, 5) is 16.2. The molecular formula is C19H31BrN4O2. The van der Waals surface area contributed by atoms with Gasteiger partial charge in [-0.3, -0.25) is 9.79 Å². The van der Waals surface area contributed by atoms with Crippen LogP contribution >= 0.6 is 15.9 Å². The molecule has 6 nitrogen and oxygen atoms in total. The number of amides is 1. The van der Waals surface area contributed by atoms with Gasteiger partial charge in [0.2, 0.25) is 5.91 Å². The van der Waals surface area contributed by atoms with Gasteiger partial charge in [-0.05, 0) is 37.5 Å². The molecule has 0 bridgehead atoms. The van der Waals surface area contributed by atoms with E-state index in [9.17, 15) is 4.79 Å². The second-order valence-electron chi connectivity index (χ2n) is 6.00. The fourth-order valence-corrected chi connectivity index (χ4v) is 2.55. The molecule has 0 fully saturated rings. The Morgan fingerprint density at radius 3 is 2.65 bits per heavy atom. The number of hydrogen-bond acceptors (Lipinski definition) is 3. The molecule has 1 amide bonds. The molecule has 0 saturated heterocycles. The van der Waals surface area contributed by atoms with Crippen LogP contribution in [0.4, 0.5) is 5.69 Å². The summed E-state index contributed by atoms with van der Waals surface area (Å²) in [6, 6.07) is 5.83. The number of rotatable bonds is 11. The lowest BCUT2D eigenvalue weighted by Crippen LogP contribution is -2.39. The lowest BCUT2D eigenvalue weighted by molar-refractivity contribution is -0.116. The second kappa shape index (κ2) is 13.6. The molecule has 1 rings (SSSR count). The van der Waals surface area contributed by atoms with Crippen molar-refractivity contribution in [2.75, 3.05) is 38.7 Å². The van der Waals surface area contributed by atoms with Gasteiger partial charge in [0.1, 0.15) is 0 Å². The number of benzene rings is 1. The zero-order chi connectivity index (χ0) is 19.2. The standard InChI is InChI=1S/C19H31BrN4O2/c1-4-5-12-26-13-6-10-22-19(21-3)23-11-9-18(25)24-17-14-16(20)8-7-15(17)2/h7-8,14H,4-6,9-13H2,1-3H3,(H,24,25)(H2,21,22,23). The molecule has 0 aromatic heterocycles. The Hall–Kier alpha value is -1.60. The van der Waals surface area contributed by atoms with E-state index in [-0.39, 0.29) is 5.91 Å². The van der Waals surface area contributed by atoms with E-state index in [1.807, 2.05) is 25.1 Å². The number of ether oxygens (including phenoxy) is 1. The summed E-state index contributed by atoms with van der Waals surface area (Å²) in [5.41, 5.74) is 1.86. The van der Waals surface area contributed by atoms with Crippen molar-refractivity contribution in [1.29, 1.82) is 0 Å². The number of nitrogens with one attached hydrogen (secondary N) is 3. The second-order valence-corrected chi connectivity index (χ2v) is 6.92. The number of carbonyl (C=O) groups is 1. The van der Waals surface area contributed by atoms with Crippen LogP contribution in [0.1, 0.15) is 38.2 Å². The topological polar surface area (TPSA) is 74.8 Å². The molecule has 26 heavy (non-hydrogen) atoms. The van der Waals surface area contributed by atoms with E-state index in [1.54, 1.807) is 7.05 Å². The summed E-state index contributed by atoms with van der Waals surface area (Å²) in [5.74, 6) is 0.670. The predicted octanol–water partition coefficient (Wildman–Crippen LogP) is 3.46. The molecule has 7 heteroatoms. The van der Waals surface area contributed by atoms with E-state index in [0.717, 1.165) is 54.7 Å². The molecule has 0 spiro atoms. The van der Waals surface area contributed by atoms with Crippen LogP contribution in [0.3, 0.4) is 0 Å². The number of aryl methyl sites for hydroxylation is 1.